The Morgan fingerprint density at radius 2 is 1.33 bits per heavy atom. The van der Waals surface area contributed by atoms with Gasteiger partial charge in [-0.3, -0.25) is 9.59 Å². The van der Waals surface area contributed by atoms with E-state index < -0.39 is 0 Å². The summed E-state index contributed by atoms with van der Waals surface area (Å²) in [6.45, 7) is 1.53. The van der Waals surface area contributed by atoms with Gasteiger partial charge >= 0.3 is 0 Å². The summed E-state index contributed by atoms with van der Waals surface area (Å²) in [4.78, 5) is 27.4. The summed E-state index contributed by atoms with van der Waals surface area (Å²) in [5, 5.41) is 0. The van der Waals surface area contributed by atoms with E-state index in [0.29, 0.717) is 0 Å². The SMILES string of the molecule is CN1CCCN(C)C(=O)C2CCC2C1=O. The molecule has 0 aromatic heterocycles. The second-order valence-corrected chi connectivity index (χ2v) is 4.66. The predicted molar refractivity (Wildman–Crippen MR) is 56.1 cm³/mol. The number of rotatable bonds is 0. The molecule has 0 aromatic carbocycles. The van der Waals surface area contributed by atoms with Crippen molar-refractivity contribution in [1.82, 2.24) is 9.80 Å². The van der Waals surface area contributed by atoms with Crippen molar-refractivity contribution >= 4 is 11.8 Å². The molecule has 1 aliphatic heterocycles. The van der Waals surface area contributed by atoms with Gasteiger partial charge in [0, 0.05) is 39.0 Å². The van der Waals surface area contributed by atoms with Crippen LogP contribution in [0.15, 0.2) is 0 Å². The number of carbonyl (C=O) groups excluding carboxylic acids is 2. The van der Waals surface area contributed by atoms with Crippen molar-refractivity contribution in [3.05, 3.63) is 0 Å². The van der Waals surface area contributed by atoms with E-state index in [4.69, 9.17) is 0 Å². The van der Waals surface area contributed by atoms with E-state index in [1.54, 1.807) is 9.80 Å². The third kappa shape index (κ3) is 1.73. The number of hydrogen-bond acceptors (Lipinski definition) is 2. The number of amides is 2. The number of hydrogen-bond donors (Lipinski definition) is 0. The van der Waals surface area contributed by atoms with E-state index in [0.717, 1.165) is 32.4 Å². The minimum Gasteiger partial charge on any atom is -0.345 e. The van der Waals surface area contributed by atoms with Crippen molar-refractivity contribution in [2.24, 2.45) is 11.8 Å². The summed E-state index contributed by atoms with van der Waals surface area (Å²) in [6.07, 6.45) is 2.64. The fourth-order valence-electron chi connectivity index (χ4n) is 2.42. The van der Waals surface area contributed by atoms with Gasteiger partial charge < -0.3 is 9.80 Å². The minimum atomic E-state index is -0.0388. The van der Waals surface area contributed by atoms with Gasteiger partial charge in [-0.1, -0.05) is 0 Å². The molecule has 2 fully saturated rings. The van der Waals surface area contributed by atoms with Crippen molar-refractivity contribution in [2.75, 3.05) is 27.2 Å². The van der Waals surface area contributed by atoms with Gasteiger partial charge in [0.15, 0.2) is 0 Å². The van der Waals surface area contributed by atoms with Crippen molar-refractivity contribution in [1.29, 1.82) is 0 Å². The molecule has 1 aliphatic carbocycles. The second-order valence-electron chi connectivity index (χ2n) is 4.66. The first-order valence-electron chi connectivity index (χ1n) is 5.61. The van der Waals surface area contributed by atoms with Crippen LogP contribution in [0.25, 0.3) is 0 Å². The van der Waals surface area contributed by atoms with Crippen molar-refractivity contribution < 1.29 is 9.59 Å². The molecule has 0 bridgehead atoms. The van der Waals surface area contributed by atoms with Gasteiger partial charge in [0.2, 0.25) is 11.8 Å². The minimum absolute atomic E-state index is 0.0388. The molecule has 0 radical (unpaired) electrons. The standard InChI is InChI=1S/C11H18N2O2/c1-12-6-3-7-13(2)11(15)9-5-4-8(9)10(12)14/h8-9H,3-7H2,1-2H3. The van der Waals surface area contributed by atoms with Crippen LogP contribution in [0.2, 0.25) is 0 Å². The summed E-state index contributed by atoms with van der Waals surface area (Å²) in [6, 6.07) is 0. The van der Waals surface area contributed by atoms with Gasteiger partial charge in [0.05, 0.1) is 0 Å². The monoisotopic (exact) mass is 210 g/mol. The normalized spacial score (nSPS) is 32.7. The van der Waals surface area contributed by atoms with Gasteiger partial charge in [-0.05, 0) is 19.3 Å². The maximum Gasteiger partial charge on any atom is 0.226 e. The van der Waals surface area contributed by atoms with Crippen LogP contribution in [0.5, 0.6) is 0 Å². The Labute approximate surface area is 90.2 Å². The molecule has 4 nitrogen and oxygen atoms in total. The van der Waals surface area contributed by atoms with Gasteiger partial charge in [0.25, 0.3) is 0 Å². The predicted octanol–water partition coefficient (Wildman–Crippen LogP) is 0.333. The third-order valence-corrected chi connectivity index (χ3v) is 3.65. The Bertz CT molecular complexity index is 262. The highest BCUT2D eigenvalue weighted by molar-refractivity contribution is 5.89. The lowest BCUT2D eigenvalue weighted by Gasteiger charge is -2.37. The first-order valence-corrected chi connectivity index (χ1v) is 5.61. The number of nitrogens with zero attached hydrogens (tertiary/aromatic N) is 2. The summed E-state index contributed by atoms with van der Waals surface area (Å²) >= 11 is 0. The molecular weight excluding hydrogens is 192 g/mol. The lowest BCUT2D eigenvalue weighted by molar-refractivity contribution is -0.149. The second kappa shape index (κ2) is 3.83. The van der Waals surface area contributed by atoms with Crippen LogP contribution in [-0.2, 0) is 9.59 Å². The van der Waals surface area contributed by atoms with Crippen LogP contribution in [0.1, 0.15) is 19.3 Å². The number of fused-ring (bicyclic) bond motifs is 1. The Morgan fingerprint density at radius 3 is 1.67 bits per heavy atom. The van der Waals surface area contributed by atoms with Gasteiger partial charge in [-0.2, -0.15) is 0 Å². The smallest absolute Gasteiger partial charge is 0.226 e. The Morgan fingerprint density at radius 1 is 0.933 bits per heavy atom. The molecule has 1 heterocycles. The molecule has 1 saturated carbocycles. The Kier molecular flexibility index (Phi) is 2.67. The van der Waals surface area contributed by atoms with E-state index in [1.807, 2.05) is 14.1 Å². The fourth-order valence-corrected chi connectivity index (χ4v) is 2.42. The van der Waals surface area contributed by atoms with Gasteiger partial charge in [-0.15, -0.1) is 0 Å². The zero-order valence-corrected chi connectivity index (χ0v) is 9.40. The van der Waals surface area contributed by atoms with Crippen LogP contribution in [0.4, 0.5) is 0 Å². The van der Waals surface area contributed by atoms with Crippen molar-refractivity contribution in [3.63, 3.8) is 0 Å². The van der Waals surface area contributed by atoms with Crippen LogP contribution >= 0.6 is 0 Å². The first kappa shape index (κ1) is 10.5. The number of carbonyl (C=O) groups is 2. The van der Waals surface area contributed by atoms with Crippen molar-refractivity contribution in [2.45, 2.75) is 19.3 Å². The summed E-state index contributed by atoms with van der Waals surface area (Å²) in [7, 11) is 3.68. The molecule has 2 aliphatic rings. The molecule has 2 amide bonds. The quantitative estimate of drug-likeness (QED) is 0.578. The molecule has 0 aromatic rings. The van der Waals surface area contributed by atoms with E-state index in [2.05, 4.69) is 0 Å². The fraction of sp³-hybridized carbons (Fsp3) is 0.818. The summed E-state index contributed by atoms with van der Waals surface area (Å²) < 4.78 is 0. The highest BCUT2D eigenvalue weighted by Crippen LogP contribution is 2.37. The summed E-state index contributed by atoms with van der Waals surface area (Å²) in [5.41, 5.74) is 0. The Hall–Kier alpha value is -1.06. The van der Waals surface area contributed by atoms with E-state index in [9.17, 15) is 9.59 Å². The molecule has 0 spiro atoms. The molecule has 0 N–H and O–H groups in total. The maximum absolute atomic E-state index is 11.9. The van der Waals surface area contributed by atoms with E-state index >= 15 is 0 Å². The third-order valence-electron chi connectivity index (χ3n) is 3.65. The zero-order chi connectivity index (χ0) is 11.0. The van der Waals surface area contributed by atoms with Crippen molar-refractivity contribution in [3.8, 4) is 0 Å². The highest BCUT2D eigenvalue weighted by atomic mass is 16.2. The maximum atomic E-state index is 11.9. The molecule has 4 heteroatoms. The average Bonchev–Trinajstić information content (AvgIpc) is 2.15. The average molecular weight is 210 g/mol. The Balaban J connectivity index is 2.16. The molecule has 2 atom stereocenters. The first-order chi connectivity index (χ1) is 7.11. The largest absolute Gasteiger partial charge is 0.345 e. The molecule has 15 heavy (non-hydrogen) atoms. The highest BCUT2D eigenvalue weighted by Gasteiger charge is 2.43. The zero-order valence-electron chi connectivity index (χ0n) is 9.40. The van der Waals surface area contributed by atoms with E-state index in [1.165, 1.54) is 0 Å². The van der Waals surface area contributed by atoms with Crippen LogP contribution in [0.3, 0.4) is 0 Å². The topological polar surface area (TPSA) is 40.6 Å². The lowest BCUT2D eigenvalue weighted by atomic mass is 9.72. The molecule has 1 saturated heterocycles. The molecule has 84 valence electrons. The van der Waals surface area contributed by atoms with E-state index in [-0.39, 0.29) is 23.7 Å². The molecule has 2 unspecified atom stereocenters. The van der Waals surface area contributed by atoms with Crippen LogP contribution in [-0.4, -0.2) is 48.8 Å². The van der Waals surface area contributed by atoms with Crippen LogP contribution in [0, 0.1) is 11.8 Å². The van der Waals surface area contributed by atoms with Gasteiger partial charge in [-0.25, -0.2) is 0 Å². The van der Waals surface area contributed by atoms with Crippen LogP contribution < -0.4 is 0 Å². The molecular formula is C11H18N2O2. The molecule has 2 rings (SSSR count). The lowest BCUT2D eigenvalue weighted by Crippen LogP contribution is -2.47. The summed E-state index contributed by atoms with van der Waals surface area (Å²) in [5.74, 6) is 0.246. The van der Waals surface area contributed by atoms with Gasteiger partial charge in [0.1, 0.15) is 0 Å².